The number of nitrogens with one attached hydrogen (secondary N) is 2. The van der Waals surface area contributed by atoms with Crippen molar-refractivity contribution in [2.75, 3.05) is 11.9 Å². The quantitative estimate of drug-likeness (QED) is 0.700. The van der Waals surface area contributed by atoms with Gasteiger partial charge in [0.25, 0.3) is 11.8 Å². The Morgan fingerprint density at radius 3 is 2.54 bits per heavy atom. The van der Waals surface area contributed by atoms with E-state index in [1.54, 1.807) is 12.1 Å². The molecule has 0 spiro atoms. The Labute approximate surface area is 147 Å². The van der Waals surface area contributed by atoms with Crippen LogP contribution in [-0.2, 0) is 4.79 Å². The molecule has 2 aromatic rings. The van der Waals surface area contributed by atoms with E-state index in [0.717, 1.165) is 0 Å². The summed E-state index contributed by atoms with van der Waals surface area (Å²) in [6.45, 7) is -0.280. The first-order chi connectivity index (χ1) is 11.4. The highest BCUT2D eigenvalue weighted by Gasteiger charge is 2.14. The largest absolute Gasteiger partial charge is 0.368 e. The van der Waals surface area contributed by atoms with Crippen LogP contribution in [0.5, 0.6) is 0 Å². The van der Waals surface area contributed by atoms with Crippen LogP contribution in [0.25, 0.3) is 0 Å². The van der Waals surface area contributed by atoms with E-state index in [-0.39, 0.29) is 28.0 Å². The van der Waals surface area contributed by atoms with Crippen molar-refractivity contribution >= 4 is 46.6 Å². The molecule has 0 bridgehead atoms. The molecule has 2 rings (SSSR count). The first-order valence-corrected chi connectivity index (χ1v) is 7.42. The van der Waals surface area contributed by atoms with Crippen LogP contribution in [0.2, 0.25) is 10.2 Å². The van der Waals surface area contributed by atoms with Gasteiger partial charge in [0.15, 0.2) is 0 Å². The number of aromatic nitrogens is 1. The normalized spacial score (nSPS) is 10.1. The van der Waals surface area contributed by atoms with Crippen molar-refractivity contribution < 1.29 is 14.4 Å². The number of benzene rings is 1. The number of pyridine rings is 1. The second kappa shape index (κ2) is 7.76. The number of hydrogen-bond acceptors (Lipinski definition) is 4. The van der Waals surface area contributed by atoms with Gasteiger partial charge in [0.2, 0.25) is 5.91 Å². The molecular weight excluding hydrogens is 355 g/mol. The molecule has 4 N–H and O–H groups in total. The zero-order chi connectivity index (χ0) is 17.7. The number of halogens is 2. The minimum absolute atomic E-state index is 0.0345. The maximum absolute atomic E-state index is 12.2. The molecule has 1 aromatic carbocycles. The van der Waals surface area contributed by atoms with Gasteiger partial charge in [0.1, 0.15) is 10.8 Å². The van der Waals surface area contributed by atoms with Crippen molar-refractivity contribution in [2.24, 2.45) is 5.73 Å². The summed E-state index contributed by atoms with van der Waals surface area (Å²) in [5, 5.41) is 5.19. The molecule has 24 heavy (non-hydrogen) atoms. The summed E-state index contributed by atoms with van der Waals surface area (Å²) in [6.07, 6.45) is 0. The summed E-state index contributed by atoms with van der Waals surface area (Å²) in [4.78, 5) is 38.6. The van der Waals surface area contributed by atoms with Crippen molar-refractivity contribution in [3.8, 4) is 0 Å². The van der Waals surface area contributed by atoms with Crippen LogP contribution >= 0.6 is 23.2 Å². The van der Waals surface area contributed by atoms with Gasteiger partial charge in [-0.2, -0.15) is 0 Å². The van der Waals surface area contributed by atoms with Gasteiger partial charge in [-0.1, -0.05) is 29.3 Å². The van der Waals surface area contributed by atoms with Gasteiger partial charge in [-0.25, -0.2) is 4.98 Å². The number of amides is 3. The molecule has 0 aliphatic rings. The summed E-state index contributed by atoms with van der Waals surface area (Å²) < 4.78 is 0. The monoisotopic (exact) mass is 366 g/mol. The van der Waals surface area contributed by atoms with E-state index < -0.39 is 17.7 Å². The summed E-state index contributed by atoms with van der Waals surface area (Å²) in [5.41, 5.74) is 5.53. The number of hydrogen-bond donors (Lipinski definition) is 3. The Morgan fingerprint density at radius 1 is 1.08 bits per heavy atom. The lowest BCUT2D eigenvalue weighted by molar-refractivity contribution is -0.117. The van der Waals surface area contributed by atoms with E-state index in [0.29, 0.717) is 5.69 Å². The summed E-state index contributed by atoms with van der Waals surface area (Å²) in [5.74, 6) is -1.73. The van der Waals surface area contributed by atoms with Gasteiger partial charge < -0.3 is 16.4 Å². The van der Waals surface area contributed by atoms with Crippen LogP contribution in [0.3, 0.4) is 0 Å². The van der Waals surface area contributed by atoms with Gasteiger partial charge in [-0.15, -0.1) is 0 Å². The number of carbonyl (C=O) groups is 3. The zero-order valence-electron chi connectivity index (χ0n) is 12.2. The van der Waals surface area contributed by atoms with Gasteiger partial charge >= 0.3 is 0 Å². The third-order valence-corrected chi connectivity index (χ3v) is 3.35. The molecule has 7 nitrogen and oxygen atoms in total. The Bertz CT molecular complexity index is 811. The summed E-state index contributed by atoms with van der Waals surface area (Å²) in [6, 6.07) is 9.04. The molecule has 0 fully saturated rings. The molecule has 1 aromatic heterocycles. The fraction of sp³-hybridized carbons (Fsp3) is 0.0667. The van der Waals surface area contributed by atoms with Crippen LogP contribution in [0.4, 0.5) is 5.69 Å². The van der Waals surface area contributed by atoms with E-state index in [4.69, 9.17) is 28.9 Å². The topological polar surface area (TPSA) is 114 Å². The highest BCUT2D eigenvalue weighted by molar-refractivity contribution is 6.35. The molecule has 0 aliphatic heterocycles. The molecule has 0 saturated heterocycles. The fourth-order valence-electron chi connectivity index (χ4n) is 1.78. The van der Waals surface area contributed by atoms with Gasteiger partial charge in [0.05, 0.1) is 11.6 Å². The maximum atomic E-state index is 12.2. The van der Waals surface area contributed by atoms with Crippen LogP contribution in [0, 0.1) is 0 Å². The number of nitrogens with two attached hydrogens (primary N) is 1. The maximum Gasteiger partial charge on any atom is 0.275 e. The average Bonchev–Trinajstić information content (AvgIpc) is 2.55. The third kappa shape index (κ3) is 4.68. The minimum atomic E-state index is -0.658. The highest BCUT2D eigenvalue weighted by atomic mass is 35.5. The number of carbonyl (C=O) groups excluding carboxylic acids is 3. The Kier molecular flexibility index (Phi) is 5.73. The molecule has 0 saturated carbocycles. The zero-order valence-corrected chi connectivity index (χ0v) is 13.7. The SMILES string of the molecule is NC(=O)CNC(=O)c1cccc(NC(=O)c2nc(Cl)ccc2Cl)c1. The van der Waals surface area contributed by atoms with Gasteiger partial charge in [-0.3, -0.25) is 14.4 Å². The summed E-state index contributed by atoms with van der Waals surface area (Å²) >= 11 is 11.7. The summed E-state index contributed by atoms with van der Waals surface area (Å²) in [7, 11) is 0. The van der Waals surface area contributed by atoms with Crippen LogP contribution in [0.15, 0.2) is 36.4 Å². The van der Waals surface area contributed by atoms with E-state index >= 15 is 0 Å². The van der Waals surface area contributed by atoms with Crippen molar-refractivity contribution in [3.05, 3.63) is 57.8 Å². The minimum Gasteiger partial charge on any atom is -0.368 e. The number of anilines is 1. The lowest BCUT2D eigenvalue weighted by atomic mass is 10.2. The molecule has 9 heteroatoms. The first-order valence-electron chi connectivity index (χ1n) is 6.67. The predicted molar refractivity (Wildman–Crippen MR) is 90.2 cm³/mol. The van der Waals surface area contributed by atoms with Crippen molar-refractivity contribution in [2.45, 2.75) is 0 Å². The first kappa shape index (κ1) is 17.7. The van der Waals surface area contributed by atoms with E-state index in [9.17, 15) is 14.4 Å². The molecule has 1 heterocycles. The van der Waals surface area contributed by atoms with Crippen LogP contribution in [-0.4, -0.2) is 29.3 Å². The molecule has 0 aliphatic carbocycles. The predicted octanol–water partition coefficient (Wildman–Crippen LogP) is 1.86. The Hall–Kier alpha value is -2.64. The number of nitrogens with zero attached hydrogens (tertiary/aromatic N) is 1. The molecule has 124 valence electrons. The van der Waals surface area contributed by atoms with Crippen LogP contribution < -0.4 is 16.4 Å². The van der Waals surface area contributed by atoms with Crippen molar-refractivity contribution in [1.29, 1.82) is 0 Å². The molecule has 0 radical (unpaired) electrons. The van der Waals surface area contributed by atoms with E-state index in [1.165, 1.54) is 24.3 Å². The Morgan fingerprint density at radius 2 is 1.83 bits per heavy atom. The van der Waals surface area contributed by atoms with E-state index in [1.807, 2.05) is 0 Å². The van der Waals surface area contributed by atoms with Crippen molar-refractivity contribution in [3.63, 3.8) is 0 Å². The van der Waals surface area contributed by atoms with E-state index in [2.05, 4.69) is 15.6 Å². The Balaban J connectivity index is 2.14. The second-order valence-corrected chi connectivity index (χ2v) is 5.44. The van der Waals surface area contributed by atoms with Gasteiger partial charge in [0, 0.05) is 11.3 Å². The molecule has 0 unspecified atom stereocenters. The molecule has 0 atom stereocenters. The fourth-order valence-corrected chi connectivity index (χ4v) is 2.11. The van der Waals surface area contributed by atoms with Crippen molar-refractivity contribution in [1.82, 2.24) is 10.3 Å². The second-order valence-electron chi connectivity index (χ2n) is 4.65. The highest BCUT2D eigenvalue weighted by Crippen LogP contribution is 2.19. The molecular formula is C15H12Cl2N4O3. The number of primary amides is 1. The smallest absolute Gasteiger partial charge is 0.275 e. The third-order valence-electron chi connectivity index (χ3n) is 2.83. The average molecular weight is 367 g/mol. The number of rotatable bonds is 5. The molecule has 3 amide bonds. The van der Waals surface area contributed by atoms with Gasteiger partial charge in [-0.05, 0) is 30.3 Å². The lowest BCUT2D eigenvalue weighted by Crippen LogP contribution is -2.33. The lowest BCUT2D eigenvalue weighted by Gasteiger charge is -2.08. The standard InChI is InChI=1S/C15H12Cl2N4O3/c16-10-4-5-11(17)21-13(10)15(24)20-9-3-1-2-8(6-9)14(23)19-7-12(18)22/h1-6H,7H2,(H2,18,22)(H,19,23)(H,20,24). The van der Waals surface area contributed by atoms with Crippen LogP contribution in [0.1, 0.15) is 20.8 Å².